The molecule has 6 heteroatoms. The summed E-state index contributed by atoms with van der Waals surface area (Å²) in [7, 11) is 0. The zero-order chi connectivity index (χ0) is 15.5. The Morgan fingerprint density at radius 3 is 2.55 bits per heavy atom. The molecule has 0 spiro atoms. The number of benzene rings is 2. The number of halogens is 2. The van der Waals surface area contributed by atoms with Gasteiger partial charge in [0.1, 0.15) is 0 Å². The minimum absolute atomic E-state index is 0.0395. The van der Waals surface area contributed by atoms with Gasteiger partial charge >= 0.3 is 0 Å². The molecular weight excluding hydrogens is 339 g/mol. The second-order valence-electron chi connectivity index (χ2n) is 4.73. The van der Waals surface area contributed by atoms with Crippen molar-refractivity contribution in [2.45, 2.75) is 6.54 Å². The van der Waals surface area contributed by atoms with E-state index in [1.165, 1.54) is 11.8 Å². The fraction of sp³-hybridized carbons (Fsp3) is 0.125. The zero-order valence-corrected chi connectivity index (χ0v) is 13.8. The van der Waals surface area contributed by atoms with Crippen LogP contribution in [0, 0.1) is 0 Å². The first kappa shape index (κ1) is 15.4. The molecule has 3 nitrogen and oxygen atoms in total. The van der Waals surface area contributed by atoms with Gasteiger partial charge in [0.2, 0.25) is 5.91 Å². The van der Waals surface area contributed by atoms with Crippen molar-refractivity contribution >= 4 is 51.7 Å². The van der Waals surface area contributed by atoms with Crippen molar-refractivity contribution in [1.29, 1.82) is 0 Å². The SMILES string of the molecule is O=C1CSC(=Nc2ccc(Cl)cc2)N1Cc1ccccc1Cl. The normalized spacial score (nSPS) is 16.5. The molecule has 1 saturated heterocycles. The maximum absolute atomic E-state index is 12.1. The molecule has 1 heterocycles. The summed E-state index contributed by atoms with van der Waals surface area (Å²) in [5.41, 5.74) is 1.68. The van der Waals surface area contributed by atoms with Crippen LogP contribution in [-0.2, 0) is 11.3 Å². The molecule has 0 bridgehead atoms. The lowest BCUT2D eigenvalue weighted by molar-refractivity contribution is -0.124. The Kier molecular flexibility index (Phi) is 4.71. The lowest BCUT2D eigenvalue weighted by atomic mass is 10.2. The molecular formula is C16H12Cl2N2OS. The van der Waals surface area contributed by atoms with Crippen molar-refractivity contribution in [2.24, 2.45) is 4.99 Å². The van der Waals surface area contributed by atoms with Crippen molar-refractivity contribution in [3.8, 4) is 0 Å². The van der Waals surface area contributed by atoms with Crippen LogP contribution in [0.4, 0.5) is 5.69 Å². The predicted octanol–water partition coefficient (Wildman–Crippen LogP) is 4.76. The van der Waals surface area contributed by atoms with Gasteiger partial charge < -0.3 is 0 Å². The zero-order valence-electron chi connectivity index (χ0n) is 11.5. The highest BCUT2D eigenvalue weighted by Gasteiger charge is 2.28. The summed E-state index contributed by atoms with van der Waals surface area (Å²) in [6, 6.07) is 14.7. The summed E-state index contributed by atoms with van der Waals surface area (Å²) in [4.78, 5) is 18.3. The number of hydrogen-bond donors (Lipinski definition) is 0. The third-order valence-corrected chi connectivity index (χ3v) is 4.78. The van der Waals surface area contributed by atoms with E-state index in [1.807, 2.05) is 36.4 Å². The summed E-state index contributed by atoms with van der Waals surface area (Å²) in [5.74, 6) is 0.439. The standard InChI is InChI=1S/C16H12Cl2N2OS/c17-12-5-7-13(8-6-12)19-16-20(15(21)10-22-16)9-11-3-1-2-4-14(11)18/h1-8H,9-10H2. The number of thioether (sulfide) groups is 1. The van der Waals surface area contributed by atoms with E-state index in [9.17, 15) is 4.79 Å². The van der Waals surface area contributed by atoms with Crippen molar-refractivity contribution in [2.75, 3.05) is 5.75 Å². The molecule has 1 aliphatic rings. The highest BCUT2D eigenvalue weighted by molar-refractivity contribution is 8.15. The van der Waals surface area contributed by atoms with Crippen molar-refractivity contribution in [1.82, 2.24) is 4.90 Å². The van der Waals surface area contributed by atoms with Crippen LogP contribution in [0.15, 0.2) is 53.5 Å². The summed E-state index contributed by atoms with van der Waals surface area (Å²) in [6.07, 6.45) is 0. The third-order valence-electron chi connectivity index (χ3n) is 3.19. The number of rotatable bonds is 3. The van der Waals surface area contributed by atoms with Crippen LogP contribution in [-0.4, -0.2) is 21.7 Å². The molecule has 2 aromatic rings. The summed E-state index contributed by atoms with van der Waals surface area (Å²) < 4.78 is 0. The van der Waals surface area contributed by atoms with Gasteiger partial charge in [-0.1, -0.05) is 53.2 Å². The Bertz CT molecular complexity index is 731. The lowest BCUT2D eigenvalue weighted by Crippen LogP contribution is -2.28. The number of aliphatic imine (C=N–C) groups is 1. The van der Waals surface area contributed by atoms with E-state index in [0.717, 1.165) is 11.3 Å². The van der Waals surface area contributed by atoms with E-state index < -0.39 is 0 Å². The van der Waals surface area contributed by atoms with E-state index in [4.69, 9.17) is 23.2 Å². The molecule has 22 heavy (non-hydrogen) atoms. The van der Waals surface area contributed by atoms with Gasteiger partial charge in [-0.25, -0.2) is 4.99 Å². The van der Waals surface area contributed by atoms with Gasteiger partial charge in [-0.15, -0.1) is 0 Å². The van der Waals surface area contributed by atoms with Crippen LogP contribution in [0.5, 0.6) is 0 Å². The van der Waals surface area contributed by atoms with E-state index in [0.29, 0.717) is 27.5 Å². The Morgan fingerprint density at radius 1 is 1.09 bits per heavy atom. The first-order valence-electron chi connectivity index (χ1n) is 6.64. The maximum Gasteiger partial charge on any atom is 0.239 e. The van der Waals surface area contributed by atoms with E-state index in [-0.39, 0.29) is 5.91 Å². The molecule has 2 aromatic carbocycles. The van der Waals surface area contributed by atoms with Crippen LogP contribution in [0.3, 0.4) is 0 Å². The third kappa shape index (κ3) is 3.46. The van der Waals surface area contributed by atoms with Crippen molar-refractivity contribution in [3.63, 3.8) is 0 Å². The molecule has 3 rings (SSSR count). The van der Waals surface area contributed by atoms with Gasteiger partial charge in [0.25, 0.3) is 0 Å². The van der Waals surface area contributed by atoms with Crippen LogP contribution in [0.1, 0.15) is 5.56 Å². The Balaban J connectivity index is 1.86. The number of amides is 1. The lowest BCUT2D eigenvalue weighted by Gasteiger charge is -2.16. The topological polar surface area (TPSA) is 32.7 Å². The van der Waals surface area contributed by atoms with Crippen LogP contribution >= 0.6 is 35.0 Å². The molecule has 0 atom stereocenters. The van der Waals surface area contributed by atoms with Crippen LogP contribution in [0.25, 0.3) is 0 Å². The quantitative estimate of drug-likeness (QED) is 0.799. The van der Waals surface area contributed by atoms with E-state index in [1.54, 1.807) is 17.0 Å². The highest BCUT2D eigenvalue weighted by atomic mass is 35.5. The molecule has 1 aliphatic heterocycles. The summed E-state index contributed by atoms with van der Waals surface area (Å²) >= 11 is 13.5. The largest absolute Gasteiger partial charge is 0.286 e. The molecule has 112 valence electrons. The van der Waals surface area contributed by atoms with Gasteiger partial charge in [0.15, 0.2) is 5.17 Å². The van der Waals surface area contributed by atoms with Crippen molar-refractivity contribution in [3.05, 3.63) is 64.1 Å². The van der Waals surface area contributed by atoms with E-state index in [2.05, 4.69) is 4.99 Å². The van der Waals surface area contributed by atoms with Gasteiger partial charge in [0.05, 0.1) is 18.0 Å². The molecule has 1 fully saturated rings. The van der Waals surface area contributed by atoms with Crippen LogP contribution < -0.4 is 0 Å². The number of carbonyl (C=O) groups excluding carboxylic acids is 1. The van der Waals surface area contributed by atoms with Gasteiger partial charge in [-0.2, -0.15) is 0 Å². The molecule has 0 saturated carbocycles. The van der Waals surface area contributed by atoms with Crippen molar-refractivity contribution < 1.29 is 4.79 Å². The fourth-order valence-electron chi connectivity index (χ4n) is 2.06. The highest BCUT2D eigenvalue weighted by Crippen LogP contribution is 2.27. The van der Waals surface area contributed by atoms with Gasteiger partial charge in [0, 0.05) is 10.0 Å². The molecule has 0 aromatic heterocycles. The van der Waals surface area contributed by atoms with E-state index >= 15 is 0 Å². The average Bonchev–Trinajstić information content (AvgIpc) is 2.85. The molecule has 0 N–H and O–H groups in total. The number of amidine groups is 1. The smallest absolute Gasteiger partial charge is 0.239 e. The number of nitrogens with zero attached hydrogens (tertiary/aromatic N) is 2. The maximum atomic E-state index is 12.1. The second kappa shape index (κ2) is 6.73. The minimum atomic E-state index is 0.0395. The molecule has 0 unspecified atom stereocenters. The number of carbonyl (C=O) groups is 1. The first-order valence-corrected chi connectivity index (χ1v) is 8.38. The number of hydrogen-bond acceptors (Lipinski definition) is 3. The summed E-state index contributed by atoms with van der Waals surface area (Å²) in [6.45, 7) is 0.429. The van der Waals surface area contributed by atoms with Gasteiger partial charge in [-0.3, -0.25) is 9.69 Å². The molecule has 1 amide bonds. The molecule has 0 radical (unpaired) electrons. The minimum Gasteiger partial charge on any atom is -0.286 e. The molecule has 0 aliphatic carbocycles. The fourth-order valence-corrected chi connectivity index (χ4v) is 3.28. The summed E-state index contributed by atoms with van der Waals surface area (Å²) in [5, 5.41) is 2.00. The Morgan fingerprint density at radius 2 is 1.82 bits per heavy atom. The Labute approximate surface area is 142 Å². The Hall–Kier alpha value is -1.49. The second-order valence-corrected chi connectivity index (χ2v) is 6.52. The first-order chi connectivity index (χ1) is 10.6. The van der Waals surface area contributed by atoms with Gasteiger partial charge in [-0.05, 0) is 35.9 Å². The van der Waals surface area contributed by atoms with Crippen LogP contribution in [0.2, 0.25) is 10.0 Å². The predicted molar refractivity (Wildman–Crippen MR) is 93.0 cm³/mol. The monoisotopic (exact) mass is 350 g/mol. The average molecular weight is 351 g/mol.